The summed E-state index contributed by atoms with van der Waals surface area (Å²) in [6.07, 6.45) is 1.68. The zero-order valence-corrected chi connectivity index (χ0v) is 14.1. The second-order valence-electron chi connectivity index (χ2n) is 2.92. The van der Waals surface area contributed by atoms with E-state index < -0.39 is 14.0 Å². The smallest absolute Gasteiger partial charge is 0.126 e. The standard InChI is InChI=1S/C6H8N2.2C2H3O.2ClH.H3N.Pt/c1-5-3-2-4-8-6(5)7;2*1-2-3;;;;/h2-4H,1H3,(H2,7,8);2*1H3;2*1H;1H3;/q;;;;;;+2/p-2. The van der Waals surface area contributed by atoms with Crippen molar-refractivity contribution in [1.82, 2.24) is 11.1 Å². The number of nitrogen functional groups attached to an aromatic ring is 1. The van der Waals surface area contributed by atoms with Crippen LogP contribution in [-0.4, -0.2) is 13.3 Å². The first-order valence-electron chi connectivity index (χ1n) is 4.44. The second-order valence-corrected chi connectivity index (χ2v) is 15.6. The maximum atomic E-state index is 10.5. The van der Waals surface area contributed by atoms with Crippen LogP contribution in [0, 0.1) is 6.92 Å². The van der Waals surface area contributed by atoms with Gasteiger partial charge in [0.2, 0.25) is 0 Å². The Bertz CT molecular complexity index is 390. The van der Waals surface area contributed by atoms with E-state index >= 15 is 0 Å². The van der Waals surface area contributed by atoms with E-state index in [1.54, 1.807) is 6.20 Å². The third-order valence-corrected chi connectivity index (χ3v) is 11.1. The number of halogens is 2. The van der Waals surface area contributed by atoms with Crippen molar-refractivity contribution in [1.29, 1.82) is 0 Å². The minimum Gasteiger partial charge on any atom is -0.383 e. The first kappa shape index (κ1) is 19.8. The molecule has 0 amide bonds. The summed E-state index contributed by atoms with van der Waals surface area (Å²) in [5, 5.41) is 0. The number of hydrogen-bond donors (Lipinski definition) is 2. The SMILES string of the molecule is C[C](=O)[Pt]([Cl])([Cl])[C](C)=O.Cc1cccnc1N.N. The molecule has 0 saturated carbocycles. The van der Waals surface area contributed by atoms with Crippen molar-refractivity contribution in [3.05, 3.63) is 23.9 Å². The van der Waals surface area contributed by atoms with Crippen molar-refractivity contribution in [2.45, 2.75) is 20.8 Å². The van der Waals surface area contributed by atoms with Gasteiger partial charge in [0.05, 0.1) is 0 Å². The van der Waals surface area contributed by atoms with Crippen LogP contribution >= 0.6 is 18.8 Å². The molecule has 0 saturated heterocycles. The molecule has 1 aromatic rings. The minimum atomic E-state index is -3.60. The molecular formula is C10H17Cl2N3O2Pt. The summed E-state index contributed by atoms with van der Waals surface area (Å²) in [5.74, 6) is 0.618. The van der Waals surface area contributed by atoms with Crippen LogP contribution in [0.5, 0.6) is 0 Å². The molecule has 1 heterocycles. The fourth-order valence-corrected chi connectivity index (χ4v) is 1.78. The zero-order chi connectivity index (χ0) is 13.6. The molecule has 1 rings (SSSR count). The molecule has 18 heavy (non-hydrogen) atoms. The van der Waals surface area contributed by atoms with E-state index in [0.29, 0.717) is 5.82 Å². The Morgan fingerprint density at radius 3 is 1.89 bits per heavy atom. The molecule has 0 fully saturated rings. The van der Waals surface area contributed by atoms with Crippen molar-refractivity contribution in [2.75, 3.05) is 5.73 Å². The van der Waals surface area contributed by atoms with Crippen LogP contribution in [0.2, 0.25) is 0 Å². The molecule has 0 bridgehead atoms. The average Bonchev–Trinajstić information content (AvgIpc) is 2.23. The average molecular weight is 477 g/mol. The molecule has 5 N–H and O–H groups in total. The van der Waals surface area contributed by atoms with Gasteiger partial charge in [0.1, 0.15) is 5.82 Å². The maximum absolute atomic E-state index is 10.5. The number of hydrogen-bond acceptors (Lipinski definition) is 5. The maximum Gasteiger partial charge on any atom is 0.126 e. The minimum absolute atomic E-state index is 0. The zero-order valence-electron chi connectivity index (χ0n) is 10.4. The Hall–Kier alpha value is -0.482. The number of nitrogens with zero attached hydrogens (tertiary/aromatic N) is 1. The predicted octanol–water partition coefficient (Wildman–Crippen LogP) is 2.68. The Kier molecular flexibility index (Phi) is 9.47. The number of aryl methyl sites for hydroxylation is 1. The fraction of sp³-hybridized carbons (Fsp3) is 0.300. The molecule has 0 unspecified atom stereocenters. The van der Waals surface area contributed by atoms with Crippen molar-refractivity contribution in [2.24, 2.45) is 0 Å². The van der Waals surface area contributed by atoms with E-state index in [1.807, 2.05) is 19.1 Å². The number of aromatic nitrogens is 1. The quantitative estimate of drug-likeness (QED) is 0.681. The van der Waals surface area contributed by atoms with E-state index in [4.69, 9.17) is 24.6 Å². The van der Waals surface area contributed by atoms with Crippen molar-refractivity contribution in [3.8, 4) is 0 Å². The molecule has 8 heteroatoms. The molecule has 0 aromatic carbocycles. The Morgan fingerprint density at radius 1 is 1.28 bits per heavy atom. The van der Waals surface area contributed by atoms with Gasteiger partial charge < -0.3 is 11.9 Å². The molecule has 0 atom stereocenters. The van der Waals surface area contributed by atoms with Gasteiger partial charge in [-0.05, 0) is 18.6 Å². The molecule has 0 aliphatic rings. The number of pyridine rings is 1. The van der Waals surface area contributed by atoms with Crippen LogP contribution in [0.15, 0.2) is 18.3 Å². The van der Waals surface area contributed by atoms with Crippen LogP contribution in [0.25, 0.3) is 0 Å². The van der Waals surface area contributed by atoms with Gasteiger partial charge in [0.15, 0.2) is 0 Å². The Balaban J connectivity index is 0. The van der Waals surface area contributed by atoms with Crippen LogP contribution in [0.4, 0.5) is 5.82 Å². The van der Waals surface area contributed by atoms with E-state index in [0.717, 1.165) is 5.56 Å². The van der Waals surface area contributed by atoms with Gasteiger partial charge in [0.25, 0.3) is 0 Å². The summed E-state index contributed by atoms with van der Waals surface area (Å²) in [6, 6.07) is 3.80. The molecule has 0 spiro atoms. The molecule has 5 nitrogen and oxygen atoms in total. The number of carbonyl (C=O) groups excluding carboxylic acids is 2. The van der Waals surface area contributed by atoms with E-state index in [1.165, 1.54) is 13.8 Å². The molecular weight excluding hydrogens is 460 g/mol. The topological polar surface area (TPSA) is 108 Å². The third-order valence-electron chi connectivity index (χ3n) is 1.61. The molecule has 0 aliphatic heterocycles. The molecule has 0 aliphatic carbocycles. The summed E-state index contributed by atoms with van der Waals surface area (Å²) < 4.78 is -0.725. The van der Waals surface area contributed by atoms with Crippen LogP contribution in [0.1, 0.15) is 19.4 Å². The number of rotatable bonds is 2. The van der Waals surface area contributed by atoms with Crippen LogP contribution < -0.4 is 11.9 Å². The van der Waals surface area contributed by atoms with E-state index in [-0.39, 0.29) is 14.5 Å². The van der Waals surface area contributed by atoms with Gasteiger partial charge in [-0.3, -0.25) is 0 Å². The summed E-state index contributed by atoms with van der Waals surface area (Å²) in [4.78, 5) is 24.9. The summed E-state index contributed by atoms with van der Waals surface area (Å²) in [7, 11) is 10.9. The van der Waals surface area contributed by atoms with Gasteiger partial charge in [-0.1, -0.05) is 6.07 Å². The Morgan fingerprint density at radius 2 is 1.72 bits per heavy atom. The third kappa shape index (κ3) is 6.45. The van der Waals surface area contributed by atoms with Gasteiger partial charge in [-0.15, -0.1) is 0 Å². The number of nitrogens with two attached hydrogens (primary N) is 1. The van der Waals surface area contributed by atoms with Crippen LogP contribution in [0.3, 0.4) is 0 Å². The summed E-state index contributed by atoms with van der Waals surface area (Å²) >= 11 is -3.60. The first-order chi connectivity index (χ1) is 7.69. The first-order valence-corrected chi connectivity index (χ1v) is 12.3. The second kappa shape index (κ2) is 8.59. The summed E-state index contributed by atoms with van der Waals surface area (Å²) in [5.41, 5.74) is 6.44. The summed E-state index contributed by atoms with van der Waals surface area (Å²) in [6.45, 7) is 4.43. The van der Waals surface area contributed by atoms with Gasteiger partial charge in [-0.25, -0.2) is 4.98 Å². The molecule has 0 radical (unpaired) electrons. The van der Waals surface area contributed by atoms with E-state index in [9.17, 15) is 9.59 Å². The number of anilines is 1. The van der Waals surface area contributed by atoms with Gasteiger partial charge >= 0.3 is 64.6 Å². The van der Waals surface area contributed by atoms with Crippen molar-refractivity contribution < 1.29 is 23.6 Å². The van der Waals surface area contributed by atoms with E-state index in [2.05, 4.69) is 4.98 Å². The molecule has 1 aromatic heterocycles. The molecule has 108 valence electrons. The Labute approximate surface area is 118 Å². The predicted molar refractivity (Wildman–Crippen MR) is 71.5 cm³/mol. The largest absolute Gasteiger partial charge is 0.383 e. The van der Waals surface area contributed by atoms with Gasteiger partial charge in [0, 0.05) is 6.20 Å². The van der Waals surface area contributed by atoms with Crippen molar-refractivity contribution in [3.63, 3.8) is 0 Å². The van der Waals surface area contributed by atoms with Crippen molar-refractivity contribution >= 4 is 33.0 Å². The van der Waals surface area contributed by atoms with Crippen LogP contribution in [-0.2, 0) is 23.6 Å². The normalized spacial score (nSPS) is 10.5. The monoisotopic (exact) mass is 476 g/mol. The number of carbonyl (C=O) groups is 2. The van der Waals surface area contributed by atoms with Gasteiger partial charge in [-0.2, -0.15) is 0 Å². The fourth-order valence-electron chi connectivity index (χ4n) is 0.655.